The van der Waals surface area contributed by atoms with Gasteiger partial charge in [-0.05, 0) is 36.9 Å². The van der Waals surface area contributed by atoms with Crippen LogP contribution in [0.3, 0.4) is 0 Å². The van der Waals surface area contributed by atoms with Gasteiger partial charge in [0.2, 0.25) is 0 Å². The van der Waals surface area contributed by atoms with E-state index in [4.69, 9.17) is 0 Å². The van der Waals surface area contributed by atoms with Crippen LogP contribution in [-0.4, -0.2) is 24.0 Å². The number of rotatable bonds is 0. The zero-order chi connectivity index (χ0) is 6.74. The minimum Gasteiger partial charge on any atom is -0.247 e. The second kappa shape index (κ2) is 2.96. The first-order valence-electron chi connectivity index (χ1n) is 3.89. The first-order valence-corrected chi connectivity index (χ1v) is 6.68. The predicted octanol–water partition coefficient (Wildman–Crippen LogP) is 2.62. The monoisotopic (exact) mass is 146 g/mol. The molecule has 1 heteroatoms. The first-order chi connectivity index (χ1) is 4.21. The van der Waals surface area contributed by atoms with E-state index in [1.807, 2.05) is 0 Å². The molecule has 0 unspecified atom stereocenters. The van der Waals surface area contributed by atoms with Gasteiger partial charge in [-0.25, -0.2) is 10.0 Å². The largest absolute Gasteiger partial charge is 0.247 e. The Hall–Kier alpha value is 0.350. The van der Waals surface area contributed by atoms with Crippen LogP contribution in [0.15, 0.2) is 0 Å². The highest BCUT2D eigenvalue weighted by Gasteiger charge is 2.13. The van der Waals surface area contributed by atoms with Crippen LogP contribution in [0.4, 0.5) is 0 Å². The van der Waals surface area contributed by atoms with E-state index in [1.165, 1.54) is 37.2 Å². The maximum atomic E-state index is 2.48. The molecule has 0 N–H and O–H groups in total. The molecule has 1 saturated heterocycles. The molecule has 0 radical (unpaired) electrons. The Kier molecular flexibility index (Phi) is 2.45. The molecule has 0 aliphatic carbocycles. The molecule has 1 aliphatic rings. The molecule has 56 valence electrons. The number of hydrogen-bond acceptors (Lipinski definition) is 0. The van der Waals surface area contributed by atoms with Gasteiger partial charge in [-0.2, -0.15) is 0 Å². The lowest BCUT2D eigenvalue weighted by Crippen LogP contribution is -2.02. The zero-order valence-electron chi connectivity index (χ0n) is 6.65. The minimum atomic E-state index is -0.119. The molecule has 0 bridgehead atoms. The third kappa shape index (κ3) is 2.61. The maximum Gasteiger partial charge on any atom is -0.0233 e. The smallest absolute Gasteiger partial charge is 0.0233 e. The topological polar surface area (TPSA) is 0 Å². The van der Waals surface area contributed by atoms with Gasteiger partial charge in [0.05, 0.1) is 0 Å². The molecule has 0 aromatic rings. The second-order valence-corrected chi connectivity index (χ2v) is 7.94. The van der Waals surface area contributed by atoms with E-state index in [-0.39, 0.29) is 10.0 Å². The van der Waals surface area contributed by atoms with E-state index in [2.05, 4.69) is 12.5 Å². The van der Waals surface area contributed by atoms with Crippen molar-refractivity contribution < 1.29 is 0 Å². The summed E-state index contributed by atoms with van der Waals surface area (Å²) in [5.41, 5.74) is 0. The van der Waals surface area contributed by atoms with Crippen molar-refractivity contribution in [2.24, 2.45) is 0 Å². The van der Waals surface area contributed by atoms with E-state index < -0.39 is 0 Å². The van der Waals surface area contributed by atoms with Crippen molar-refractivity contribution in [2.45, 2.75) is 25.7 Å². The molecule has 0 nitrogen and oxygen atoms in total. The second-order valence-electron chi connectivity index (χ2n) is 3.59. The van der Waals surface area contributed by atoms with E-state index in [9.17, 15) is 0 Å². The Morgan fingerprint density at radius 3 is 1.67 bits per heavy atom. The van der Waals surface area contributed by atoms with Crippen molar-refractivity contribution in [1.82, 2.24) is 0 Å². The molecule has 0 amide bonds. The molecule has 0 saturated carbocycles. The molecule has 0 aromatic heterocycles. The third-order valence-electron chi connectivity index (χ3n) is 2.14. The van der Waals surface area contributed by atoms with Crippen LogP contribution in [0.1, 0.15) is 25.7 Å². The Labute approximate surface area is 60.3 Å². The third-order valence-corrected chi connectivity index (χ3v) is 4.93. The quantitative estimate of drug-likeness (QED) is 0.493. The molecule has 1 heterocycles. The van der Waals surface area contributed by atoms with Gasteiger partial charge in [-0.3, -0.25) is 0 Å². The predicted molar refractivity (Wildman–Crippen MR) is 47.6 cm³/mol. The lowest BCUT2D eigenvalue weighted by atomic mass is 10.2. The van der Waals surface area contributed by atoms with Gasteiger partial charge in [0.25, 0.3) is 0 Å². The van der Waals surface area contributed by atoms with Crippen LogP contribution in [0.2, 0.25) is 0 Å². The fourth-order valence-electron chi connectivity index (χ4n) is 1.44. The van der Waals surface area contributed by atoms with Crippen molar-refractivity contribution in [1.29, 1.82) is 0 Å². The highest BCUT2D eigenvalue weighted by molar-refractivity contribution is 8.32. The van der Waals surface area contributed by atoms with Crippen LogP contribution in [0.5, 0.6) is 0 Å². The van der Waals surface area contributed by atoms with Crippen molar-refractivity contribution in [3.63, 3.8) is 0 Å². The van der Waals surface area contributed by atoms with Gasteiger partial charge in [0, 0.05) is 0 Å². The van der Waals surface area contributed by atoms with Crippen molar-refractivity contribution >= 4 is 10.0 Å². The van der Waals surface area contributed by atoms with Crippen LogP contribution >= 0.6 is 10.0 Å². The summed E-state index contributed by atoms with van der Waals surface area (Å²) in [7, 11) is -0.119. The lowest BCUT2D eigenvalue weighted by molar-refractivity contribution is 0.726. The molecule has 1 fully saturated rings. The van der Waals surface area contributed by atoms with E-state index in [1.54, 1.807) is 0 Å². The summed E-state index contributed by atoms with van der Waals surface area (Å²) in [6, 6.07) is 0. The molecule has 0 atom stereocenters. The Bertz CT molecular complexity index is 76.6. The first kappa shape index (κ1) is 7.46. The summed E-state index contributed by atoms with van der Waals surface area (Å²) < 4.78 is 0. The van der Waals surface area contributed by atoms with E-state index in [0.29, 0.717) is 0 Å². The molecule has 9 heavy (non-hydrogen) atoms. The summed E-state index contributed by atoms with van der Waals surface area (Å²) in [6.07, 6.45) is 11.0. The Morgan fingerprint density at radius 2 is 1.22 bits per heavy atom. The molecular weight excluding hydrogens is 128 g/mol. The zero-order valence-corrected chi connectivity index (χ0v) is 7.47. The highest BCUT2D eigenvalue weighted by atomic mass is 32.3. The molecule has 0 spiro atoms. The summed E-state index contributed by atoms with van der Waals surface area (Å²) in [5.74, 6) is 3.07. The van der Waals surface area contributed by atoms with Crippen LogP contribution < -0.4 is 0 Å². The fourth-order valence-corrected chi connectivity index (χ4v) is 3.62. The summed E-state index contributed by atoms with van der Waals surface area (Å²) >= 11 is 0. The standard InChI is InChI=1S/C8H18S/c1-9(2)7-5-3-4-6-8-9/h3-8H2,1-2H3. The number of hydrogen-bond donors (Lipinski definition) is 0. The lowest BCUT2D eigenvalue weighted by Gasteiger charge is -2.28. The minimum absolute atomic E-state index is 0.119. The normalized spacial score (nSPS) is 30.9. The van der Waals surface area contributed by atoms with Crippen molar-refractivity contribution in [3.05, 3.63) is 0 Å². The summed E-state index contributed by atoms with van der Waals surface area (Å²) in [4.78, 5) is 0. The van der Waals surface area contributed by atoms with Crippen molar-refractivity contribution in [3.8, 4) is 0 Å². The SMILES string of the molecule is CS1(C)CCCCCC1. The van der Waals surface area contributed by atoms with Gasteiger partial charge >= 0.3 is 0 Å². The van der Waals surface area contributed by atoms with Crippen LogP contribution in [-0.2, 0) is 0 Å². The molecular formula is C8H18S. The summed E-state index contributed by atoms with van der Waals surface area (Å²) in [6.45, 7) is 0. The Morgan fingerprint density at radius 1 is 0.778 bits per heavy atom. The van der Waals surface area contributed by atoms with Gasteiger partial charge < -0.3 is 0 Å². The fraction of sp³-hybridized carbons (Fsp3) is 1.00. The van der Waals surface area contributed by atoms with Gasteiger partial charge in [0.1, 0.15) is 0 Å². The highest BCUT2D eigenvalue weighted by Crippen LogP contribution is 2.43. The van der Waals surface area contributed by atoms with Gasteiger partial charge in [0.15, 0.2) is 0 Å². The average molecular weight is 146 g/mol. The van der Waals surface area contributed by atoms with Crippen molar-refractivity contribution in [2.75, 3.05) is 24.0 Å². The average Bonchev–Trinajstić information content (AvgIpc) is 1.92. The van der Waals surface area contributed by atoms with Crippen LogP contribution in [0, 0.1) is 0 Å². The van der Waals surface area contributed by atoms with E-state index in [0.717, 1.165) is 0 Å². The molecule has 1 rings (SSSR count). The maximum absolute atomic E-state index is 2.48. The molecule has 1 aliphatic heterocycles. The van der Waals surface area contributed by atoms with E-state index >= 15 is 0 Å². The molecule has 0 aromatic carbocycles. The van der Waals surface area contributed by atoms with Gasteiger partial charge in [-0.15, -0.1) is 0 Å². The van der Waals surface area contributed by atoms with Crippen LogP contribution in [0.25, 0.3) is 0 Å². The summed E-state index contributed by atoms with van der Waals surface area (Å²) in [5, 5.41) is 0. The Balaban J connectivity index is 2.36. The van der Waals surface area contributed by atoms with Gasteiger partial charge in [-0.1, -0.05) is 12.8 Å².